The van der Waals surface area contributed by atoms with E-state index in [2.05, 4.69) is 30.2 Å². The van der Waals surface area contributed by atoms with Gasteiger partial charge in [-0.15, -0.1) is 0 Å². The number of aromatic nitrogens is 1. The van der Waals surface area contributed by atoms with E-state index >= 15 is 0 Å². The van der Waals surface area contributed by atoms with Gasteiger partial charge in [0.2, 0.25) is 0 Å². The third kappa shape index (κ3) is 4.94. The number of nitrogens with zero attached hydrogens (tertiary/aromatic N) is 2. The average molecular weight is 233 g/mol. The van der Waals surface area contributed by atoms with Crippen molar-refractivity contribution in [3.05, 3.63) is 29.6 Å². The Morgan fingerprint density at radius 1 is 1.53 bits per heavy atom. The summed E-state index contributed by atoms with van der Waals surface area (Å²) >= 11 is 0. The van der Waals surface area contributed by atoms with Gasteiger partial charge in [0.15, 0.2) is 0 Å². The van der Waals surface area contributed by atoms with Crippen molar-refractivity contribution in [2.24, 2.45) is 5.92 Å². The van der Waals surface area contributed by atoms with Crippen molar-refractivity contribution in [2.45, 2.75) is 32.9 Å². The molecule has 0 radical (unpaired) electrons. The molecule has 4 heteroatoms. The molecule has 2 N–H and O–H groups in total. The molecule has 0 bridgehead atoms. The summed E-state index contributed by atoms with van der Waals surface area (Å²) in [6.07, 6.45) is 2.05. The van der Waals surface area contributed by atoms with Gasteiger partial charge in [-0.25, -0.2) is 4.98 Å². The normalized spacial score (nSPS) is 12.4. The van der Waals surface area contributed by atoms with Crippen LogP contribution in [0.1, 0.15) is 31.5 Å². The zero-order chi connectivity index (χ0) is 12.7. The largest absolute Gasteiger partial charge is 0.392 e. The van der Waals surface area contributed by atoms with Crippen LogP contribution in [0, 0.1) is 17.2 Å². The number of nitriles is 1. The molecule has 0 fully saturated rings. The van der Waals surface area contributed by atoms with Crippen LogP contribution in [0.5, 0.6) is 0 Å². The van der Waals surface area contributed by atoms with Crippen LogP contribution in [0.2, 0.25) is 0 Å². The Balaban J connectivity index is 2.38. The molecule has 1 aromatic heterocycles. The van der Waals surface area contributed by atoms with Gasteiger partial charge < -0.3 is 10.4 Å². The predicted molar refractivity (Wildman–Crippen MR) is 66.1 cm³/mol. The number of rotatable bonds is 6. The van der Waals surface area contributed by atoms with E-state index in [1.54, 1.807) is 6.20 Å². The lowest BCUT2D eigenvalue weighted by atomic mass is 10.1. The summed E-state index contributed by atoms with van der Waals surface area (Å²) in [6.45, 7) is 5.26. The van der Waals surface area contributed by atoms with E-state index in [9.17, 15) is 5.11 Å². The second-order valence-electron chi connectivity index (χ2n) is 4.54. The molecule has 0 spiro atoms. The predicted octanol–water partition coefficient (Wildman–Crippen LogP) is 1.45. The first kappa shape index (κ1) is 13.6. The van der Waals surface area contributed by atoms with Gasteiger partial charge in [0.1, 0.15) is 11.8 Å². The fourth-order valence-electron chi connectivity index (χ4n) is 1.68. The number of nitrogens with one attached hydrogen (secondary N) is 1. The highest BCUT2D eigenvalue weighted by Gasteiger charge is 2.07. The highest BCUT2D eigenvalue weighted by atomic mass is 16.3. The number of hydrogen-bond acceptors (Lipinski definition) is 4. The smallest absolute Gasteiger partial charge is 0.144 e. The average Bonchev–Trinajstić information content (AvgIpc) is 2.28. The number of aliphatic hydroxyl groups excluding tert-OH is 1. The van der Waals surface area contributed by atoms with Crippen LogP contribution in [0.3, 0.4) is 0 Å². The lowest BCUT2D eigenvalue weighted by Gasteiger charge is -2.13. The molecule has 1 heterocycles. The third-order valence-corrected chi connectivity index (χ3v) is 2.44. The maximum atomic E-state index is 9.68. The van der Waals surface area contributed by atoms with Gasteiger partial charge in [-0.1, -0.05) is 19.9 Å². The van der Waals surface area contributed by atoms with Gasteiger partial charge in [-0.3, -0.25) is 0 Å². The third-order valence-electron chi connectivity index (χ3n) is 2.44. The van der Waals surface area contributed by atoms with E-state index in [1.807, 2.05) is 12.1 Å². The molecule has 1 atom stereocenters. The van der Waals surface area contributed by atoms with Crippen LogP contribution < -0.4 is 5.32 Å². The first-order valence-electron chi connectivity index (χ1n) is 5.86. The van der Waals surface area contributed by atoms with Crippen molar-refractivity contribution in [3.63, 3.8) is 0 Å². The molecule has 4 nitrogen and oxygen atoms in total. The molecule has 0 aliphatic carbocycles. The Bertz CT molecular complexity index is 384. The Morgan fingerprint density at radius 2 is 2.29 bits per heavy atom. The molecule has 0 aliphatic rings. The highest BCUT2D eigenvalue weighted by molar-refractivity contribution is 5.30. The minimum absolute atomic E-state index is 0.336. The summed E-state index contributed by atoms with van der Waals surface area (Å²) < 4.78 is 0. The lowest BCUT2D eigenvalue weighted by Crippen LogP contribution is -2.27. The Kier molecular flexibility index (Phi) is 5.61. The molecule has 0 saturated heterocycles. The van der Waals surface area contributed by atoms with Crippen LogP contribution in [0.15, 0.2) is 18.3 Å². The number of pyridine rings is 1. The summed E-state index contributed by atoms with van der Waals surface area (Å²) in [6, 6.07) is 5.73. The summed E-state index contributed by atoms with van der Waals surface area (Å²) in [5.41, 5.74) is 1.31. The van der Waals surface area contributed by atoms with E-state index in [0.29, 0.717) is 24.7 Å². The molecule has 0 amide bonds. The number of aliphatic hydroxyl groups is 1. The Hall–Kier alpha value is -1.44. The second kappa shape index (κ2) is 7.00. The van der Waals surface area contributed by atoms with Crippen LogP contribution in [-0.4, -0.2) is 22.7 Å². The minimum Gasteiger partial charge on any atom is -0.392 e. The summed E-state index contributed by atoms with van der Waals surface area (Å²) in [4.78, 5) is 3.98. The van der Waals surface area contributed by atoms with Crippen LogP contribution in [0.4, 0.5) is 0 Å². The van der Waals surface area contributed by atoms with Crippen molar-refractivity contribution in [3.8, 4) is 6.07 Å². The monoisotopic (exact) mass is 233 g/mol. The fraction of sp³-hybridized carbons (Fsp3) is 0.538. The first-order chi connectivity index (χ1) is 8.13. The maximum Gasteiger partial charge on any atom is 0.144 e. The molecule has 0 aromatic carbocycles. The molecular weight excluding hydrogens is 214 g/mol. The molecule has 1 rings (SSSR count). The SMILES string of the molecule is CC(C)CC(O)CNCc1cccnc1C#N. The van der Waals surface area contributed by atoms with E-state index in [0.717, 1.165) is 12.0 Å². The van der Waals surface area contributed by atoms with E-state index in [4.69, 9.17) is 5.26 Å². The van der Waals surface area contributed by atoms with Crippen LogP contribution >= 0.6 is 0 Å². The van der Waals surface area contributed by atoms with Gasteiger partial charge in [0.25, 0.3) is 0 Å². The molecule has 0 aliphatic heterocycles. The van der Waals surface area contributed by atoms with E-state index < -0.39 is 0 Å². The molecule has 17 heavy (non-hydrogen) atoms. The molecule has 92 valence electrons. The van der Waals surface area contributed by atoms with Gasteiger partial charge in [-0.05, 0) is 18.4 Å². The van der Waals surface area contributed by atoms with Crippen LogP contribution in [-0.2, 0) is 6.54 Å². The molecule has 1 unspecified atom stereocenters. The minimum atomic E-state index is -0.336. The first-order valence-corrected chi connectivity index (χ1v) is 5.86. The fourth-order valence-corrected chi connectivity index (χ4v) is 1.68. The highest BCUT2D eigenvalue weighted by Crippen LogP contribution is 2.05. The van der Waals surface area contributed by atoms with Gasteiger partial charge in [0, 0.05) is 24.8 Å². The van der Waals surface area contributed by atoms with Crippen molar-refractivity contribution in [1.29, 1.82) is 5.26 Å². The van der Waals surface area contributed by atoms with Gasteiger partial charge in [-0.2, -0.15) is 5.26 Å². The van der Waals surface area contributed by atoms with Gasteiger partial charge >= 0.3 is 0 Å². The lowest BCUT2D eigenvalue weighted by molar-refractivity contribution is 0.146. The van der Waals surface area contributed by atoms with Gasteiger partial charge in [0.05, 0.1) is 6.10 Å². The van der Waals surface area contributed by atoms with Crippen molar-refractivity contribution in [2.75, 3.05) is 6.54 Å². The van der Waals surface area contributed by atoms with Crippen molar-refractivity contribution in [1.82, 2.24) is 10.3 Å². The van der Waals surface area contributed by atoms with Crippen molar-refractivity contribution >= 4 is 0 Å². The molecule has 0 saturated carbocycles. The number of hydrogen-bond donors (Lipinski definition) is 2. The summed E-state index contributed by atoms with van der Waals surface area (Å²) in [5.74, 6) is 0.486. The zero-order valence-corrected chi connectivity index (χ0v) is 10.3. The quantitative estimate of drug-likeness (QED) is 0.780. The maximum absolute atomic E-state index is 9.68. The summed E-state index contributed by atoms with van der Waals surface area (Å²) in [7, 11) is 0. The molecule has 1 aromatic rings. The standard InChI is InChI=1S/C13H19N3O/c1-10(2)6-12(17)9-15-8-11-4-3-5-16-13(11)7-14/h3-5,10,12,15,17H,6,8-9H2,1-2H3. The Morgan fingerprint density at radius 3 is 2.94 bits per heavy atom. The van der Waals surface area contributed by atoms with E-state index in [-0.39, 0.29) is 6.10 Å². The molecular formula is C13H19N3O. The summed E-state index contributed by atoms with van der Waals surface area (Å²) in [5, 5.41) is 21.7. The second-order valence-corrected chi connectivity index (χ2v) is 4.54. The van der Waals surface area contributed by atoms with Crippen molar-refractivity contribution < 1.29 is 5.11 Å². The Labute approximate surface area is 102 Å². The topological polar surface area (TPSA) is 68.9 Å². The van der Waals surface area contributed by atoms with E-state index in [1.165, 1.54) is 0 Å². The van der Waals surface area contributed by atoms with Crippen LogP contribution in [0.25, 0.3) is 0 Å². The zero-order valence-electron chi connectivity index (χ0n) is 10.3.